The molecule has 2 N–H and O–H groups in total. The molecule has 0 unspecified atom stereocenters. The van der Waals surface area contributed by atoms with E-state index >= 15 is 0 Å². The van der Waals surface area contributed by atoms with Gasteiger partial charge in [0.15, 0.2) is 0 Å². The molecule has 0 aliphatic heterocycles. The van der Waals surface area contributed by atoms with E-state index in [1.54, 1.807) is 4.90 Å². The third-order valence-corrected chi connectivity index (χ3v) is 4.66. The van der Waals surface area contributed by atoms with Crippen LogP contribution in [0.25, 0.3) is 11.1 Å². The molecule has 27 heavy (non-hydrogen) atoms. The number of carbonyl (C=O) groups excluding carboxylic acids is 1. The Bertz CT molecular complexity index is 919. The maximum absolute atomic E-state index is 13.4. The standard InChI is InChI=1S/C21H26N4O2/c1-14(2)18-13-17(19-15(3)24-27-20(19)23-18)21(26)25(12-10-22)11-9-16-7-5-4-6-8-16/h4-8,13-14H,9-12,22H2,1-3H3. The second kappa shape index (κ2) is 8.31. The molecular weight excluding hydrogens is 340 g/mol. The van der Waals surface area contributed by atoms with E-state index in [1.807, 2.05) is 45.0 Å². The fraction of sp³-hybridized carbons (Fsp3) is 0.381. The number of nitrogens with zero attached hydrogens (tertiary/aromatic N) is 3. The summed E-state index contributed by atoms with van der Waals surface area (Å²) >= 11 is 0. The van der Waals surface area contributed by atoms with Crippen LogP contribution in [0, 0.1) is 6.92 Å². The van der Waals surface area contributed by atoms with Crippen LogP contribution in [0.5, 0.6) is 0 Å². The van der Waals surface area contributed by atoms with E-state index in [9.17, 15) is 4.79 Å². The molecule has 0 aliphatic carbocycles. The largest absolute Gasteiger partial charge is 0.337 e. The van der Waals surface area contributed by atoms with E-state index in [-0.39, 0.29) is 11.8 Å². The lowest BCUT2D eigenvalue weighted by molar-refractivity contribution is 0.0763. The maximum atomic E-state index is 13.4. The highest BCUT2D eigenvalue weighted by molar-refractivity contribution is 6.06. The lowest BCUT2D eigenvalue weighted by Gasteiger charge is -2.23. The van der Waals surface area contributed by atoms with Gasteiger partial charge in [-0.3, -0.25) is 4.79 Å². The third kappa shape index (κ3) is 4.17. The Morgan fingerprint density at radius 3 is 2.63 bits per heavy atom. The molecule has 0 saturated heterocycles. The molecule has 3 rings (SSSR count). The van der Waals surface area contributed by atoms with Crippen LogP contribution in [0.1, 0.15) is 47.1 Å². The molecule has 0 spiro atoms. The molecule has 0 saturated carbocycles. The monoisotopic (exact) mass is 366 g/mol. The van der Waals surface area contributed by atoms with Gasteiger partial charge in [0.05, 0.1) is 16.6 Å². The summed E-state index contributed by atoms with van der Waals surface area (Å²) in [6.07, 6.45) is 0.778. The minimum atomic E-state index is -0.0584. The van der Waals surface area contributed by atoms with E-state index in [0.29, 0.717) is 42.0 Å². The van der Waals surface area contributed by atoms with Crippen LogP contribution >= 0.6 is 0 Å². The van der Waals surface area contributed by atoms with Gasteiger partial charge in [-0.1, -0.05) is 49.3 Å². The zero-order chi connectivity index (χ0) is 19.4. The lowest BCUT2D eigenvalue weighted by atomic mass is 10.0. The van der Waals surface area contributed by atoms with Gasteiger partial charge in [0.25, 0.3) is 11.6 Å². The van der Waals surface area contributed by atoms with Crippen LogP contribution in [0.3, 0.4) is 0 Å². The van der Waals surface area contributed by atoms with E-state index in [0.717, 1.165) is 12.1 Å². The van der Waals surface area contributed by atoms with Crippen LogP contribution in [0.4, 0.5) is 0 Å². The SMILES string of the molecule is Cc1noc2nc(C(C)C)cc(C(=O)N(CCN)CCc3ccccc3)c12. The molecule has 2 heterocycles. The zero-order valence-electron chi connectivity index (χ0n) is 16.1. The number of hydrogen-bond acceptors (Lipinski definition) is 5. The average molecular weight is 366 g/mol. The van der Waals surface area contributed by atoms with Crippen molar-refractivity contribution in [3.05, 3.63) is 58.9 Å². The van der Waals surface area contributed by atoms with Crippen molar-refractivity contribution in [3.8, 4) is 0 Å². The van der Waals surface area contributed by atoms with Crippen LogP contribution < -0.4 is 5.73 Å². The van der Waals surface area contributed by atoms with Gasteiger partial charge in [-0.05, 0) is 30.9 Å². The number of aryl methyl sites for hydroxylation is 1. The van der Waals surface area contributed by atoms with E-state index in [2.05, 4.69) is 22.3 Å². The lowest BCUT2D eigenvalue weighted by Crippen LogP contribution is -2.37. The van der Waals surface area contributed by atoms with Gasteiger partial charge >= 0.3 is 0 Å². The number of hydrogen-bond donors (Lipinski definition) is 1. The summed E-state index contributed by atoms with van der Waals surface area (Å²) in [6, 6.07) is 12.0. The first-order valence-electron chi connectivity index (χ1n) is 9.31. The fourth-order valence-corrected chi connectivity index (χ4v) is 3.13. The number of rotatable bonds is 7. The maximum Gasteiger partial charge on any atom is 0.259 e. The molecule has 6 nitrogen and oxygen atoms in total. The molecule has 3 aromatic rings. The molecule has 1 amide bonds. The average Bonchev–Trinajstić information content (AvgIpc) is 3.05. The van der Waals surface area contributed by atoms with Crippen molar-refractivity contribution in [1.82, 2.24) is 15.0 Å². The summed E-state index contributed by atoms with van der Waals surface area (Å²) in [5, 5.41) is 4.69. The van der Waals surface area contributed by atoms with Crippen molar-refractivity contribution in [1.29, 1.82) is 0 Å². The minimum Gasteiger partial charge on any atom is -0.337 e. The third-order valence-electron chi connectivity index (χ3n) is 4.66. The molecule has 0 bridgehead atoms. The Morgan fingerprint density at radius 1 is 1.22 bits per heavy atom. The van der Waals surface area contributed by atoms with Crippen LogP contribution in [-0.4, -0.2) is 40.6 Å². The molecule has 1 aromatic carbocycles. The first-order chi connectivity index (χ1) is 13.0. The molecule has 0 atom stereocenters. The molecule has 142 valence electrons. The number of aromatic nitrogens is 2. The predicted octanol–water partition coefficient (Wildman–Crippen LogP) is 3.30. The Labute approximate surface area is 159 Å². The molecular formula is C21H26N4O2. The van der Waals surface area contributed by atoms with E-state index in [1.165, 1.54) is 5.56 Å². The van der Waals surface area contributed by atoms with E-state index < -0.39 is 0 Å². The summed E-state index contributed by atoms with van der Waals surface area (Å²) < 4.78 is 5.34. The van der Waals surface area contributed by atoms with Gasteiger partial charge in [-0.2, -0.15) is 0 Å². The van der Waals surface area contributed by atoms with Crippen LogP contribution in [0.2, 0.25) is 0 Å². The number of carbonyl (C=O) groups is 1. The minimum absolute atomic E-state index is 0.0584. The van der Waals surface area contributed by atoms with Gasteiger partial charge in [0, 0.05) is 25.3 Å². The Hall–Kier alpha value is -2.73. The summed E-state index contributed by atoms with van der Waals surface area (Å²) in [5.41, 5.74) is 9.46. The zero-order valence-corrected chi connectivity index (χ0v) is 16.1. The number of amides is 1. The Balaban J connectivity index is 1.94. The highest BCUT2D eigenvalue weighted by atomic mass is 16.5. The van der Waals surface area contributed by atoms with Gasteiger partial charge in [0.2, 0.25) is 0 Å². The number of pyridine rings is 1. The van der Waals surface area contributed by atoms with Gasteiger partial charge in [-0.15, -0.1) is 0 Å². The Morgan fingerprint density at radius 2 is 1.96 bits per heavy atom. The van der Waals surface area contributed by atoms with Gasteiger partial charge in [-0.25, -0.2) is 4.98 Å². The van der Waals surface area contributed by atoms with Gasteiger partial charge in [0.1, 0.15) is 0 Å². The van der Waals surface area contributed by atoms with Crippen LogP contribution in [-0.2, 0) is 6.42 Å². The summed E-state index contributed by atoms with van der Waals surface area (Å²) in [4.78, 5) is 19.7. The Kier molecular flexibility index (Phi) is 5.86. The first kappa shape index (κ1) is 19.0. The fourth-order valence-electron chi connectivity index (χ4n) is 3.13. The second-order valence-electron chi connectivity index (χ2n) is 7.01. The number of nitrogens with two attached hydrogens (primary N) is 1. The van der Waals surface area contributed by atoms with Crippen molar-refractivity contribution < 1.29 is 9.32 Å². The highest BCUT2D eigenvalue weighted by Gasteiger charge is 2.23. The molecule has 0 fully saturated rings. The topological polar surface area (TPSA) is 85.2 Å². The number of fused-ring (bicyclic) bond motifs is 1. The predicted molar refractivity (Wildman–Crippen MR) is 106 cm³/mol. The summed E-state index contributed by atoms with van der Waals surface area (Å²) in [6.45, 7) is 7.42. The molecule has 6 heteroatoms. The molecule has 2 aromatic heterocycles. The molecule has 0 radical (unpaired) electrons. The normalized spacial score (nSPS) is 11.3. The summed E-state index contributed by atoms with van der Waals surface area (Å²) in [5.74, 6) is 0.121. The second-order valence-corrected chi connectivity index (χ2v) is 7.01. The van der Waals surface area contributed by atoms with Crippen molar-refractivity contribution in [2.24, 2.45) is 5.73 Å². The number of benzene rings is 1. The molecule has 0 aliphatic rings. The van der Waals surface area contributed by atoms with Crippen molar-refractivity contribution >= 4 is 17.0 Å². The highest BCUT2D eigenvalue weighted by Crippen LogP contribution is 2.26. The van der Waals surface area contributed by atoms with Crippen LogP contribution in [0.15, 0.2) is 40.9 Å². The first-order valence-corrected chi connectivity index (χ1v) is 9.31. The van der Waals surface area contributed by atoms with Crippen molar-refractivity contribution in [2.75, 3.05) is 19.6 Å². The van der Waals surface area contributed by atoms with Crippen molar-refractivity contribution in [3.63, 3.8) is 0 Å². The van der Waals surface area contributed by atoms with E-state index in [4.69, 9.17) is 10.3 Å². The quantitative estimate of drug-likeness (QED) is 0.693. The smallest absolute Gasteiger partial charge is 0.259 e. The van der Waals surface area contributed by atoms with Gasteiger partial charge < -0.3 is 15.2 Å². The summed E-state index contributed by atoms with van der Waals surface area (Å²) in [7, 11) is 0. The van der Waals surface area contributed by atoms with Crippen molar-refractivity contribution in [2.45, 2.75) is 33.1 Å².